The third-order valence-electron chi connectivity index (χ3n) is 18.4. The van der Waals surface area contributed by atoms with Crippen LogP contribution in [0.25, 0.3) is 180 Å². The number of thiophene rings is 4. The quantitative estimate of drug-likeness (QED) is 0.157. The lowest BCUT2D eigenvalue weighted by Gasteiger charge is -2.12. The summed E-state index contributed by atoms with van der Waals surface area (Å²) in [5.74, 6) is 0. The van der Waals surface area contributed by atoms with E-state index in [-0.39, 0.29) is 0 Å². The van der Waals surface area contributed by atoms with Gasteiger partial charge in [-0.1, -0.05) is 237 Å². The molecule has 2 nitrogen and oxygen atoms in total. The minimum atomic E-state index is 1.19. The maximum absolute atomic E-state index is 2.44. The predicted molar refractivity (Wildman–Crippen MR) is 395 cm³/mol. The van der Waals surface area contributed by atoms with Gasteiger partial charge in [-0.05, 0) is 122 Å². The molecule has 0 amide bonds. The highest BCUT2D eigenvalue weighted by molar-refractivity contribution is 7.28. The average molecular weight is 1220 g/mol. The number of para-hydroxylation sites is 4. The van der Waals surface area contributed by atoms with E-state index in [1.54, 1.807) is 0 Å². The zero-order valence-corrected chi connectivity index (χ0v) is 51.7. The van der Waals surface area contributed by atoms with Crippen molar-refractivity contribution in [3.05, 3.63) is 303 Å². The van der Waals surface area contributed by atoms with Crippen molar-refractivity contribution in [2.75, 3.05) is 0 Å². The SMILES string of the molecule is c1ccc(-n2c3ccccc3c3sc4c(-c5ccccc5-c5ccc6c(c5)sc5cc7ccccc7cc56)cccc4c32)cc1.c1ccc(-n2c3ccccc3c3sc4c(-c5ccccc5-c5ccc6c(c5)sc5ccc7ccccc7c56)cccc4c32)cc1. The summed E-state index contributed by atoms with van der Waals surface area (Å²) in [6.07, 6.45) is 0. The molecule has 0 saturated heterocycles. The number of benzene rings is 14. The van der Waals surface area contributed by atoms with Crippen molar-refractivity contribution in [3.8, 4) is 55.9 Å². The van der Waals surface area contributed by atoms with Gasteiger partial charge >= 0.3 is 0 Å². The Morgan fingerprint density at radius 2 is 0.633 bits per heavy atom. The zero-order chi connectivity index (χ0) is 59.0. The van der Waals surface area contributed by atoms with Crippen molar-refractivity contribution in [1.29, 1.82) is 0 Å². The van der Waals surface area contributed by atoms with Crippen molar-refractivity contribution in [2.24, 2.45) is 0 Å². The molecule has 0 aliphatic carbocycles. The van der Waals surface area contributed by atoms with E-state index in [2.05, 4.69) is 312 Å². The molecule has 0 saturated carbocycles. The van der Waals surface area contributed by atoms with E-state index in [1.165, 1.54) is 180 Å². The highest BCUT2D eigenvalue weighted by atomic mass is 32.1. The minimum absolute atomic E-state index is 1.19. The fraction of sp³-hybridized carbons (Fsp3) is 0. The van der Waals surface area contributed by atoms with Crippen LogP contribution in [0.4, 0.5) is 0 Å². The molecule has 0 spiro atoms. The monoisotopic (exact) mass is 1210 g/mol. The summed E-state index contributed by atoms with van der Waals surface area (Å²) in [7, 11) is 0. The summed E-state index contributed by atoms with van der Waals surface area (Å²) in [6, 6.07) is 111. The van der Waals surface area contributed by atoms with Gasteiger partial charge in [-0.2, -0.15) is 0 Å². The highest BCUT2D eigenvalue weighted by Gasteiger charge is 2.24. The summed E-state index contributed by atoms with van der Waals surface area (Å²) in [5, 5.41) is 15.8. The van der Waals surface area contributed by atoms with Gasteiger partial charge in [-0.25, -0.2) is 0 Å². The Balaban J connectivity index is 0.000000130. The summed E-state index contributed by atoms with van der Waals surface area (Å²) in [4.78, 5) is 0. The zero-order valence-electron chi connectivity index (χ0n) is 48.4. The van der Waals surface area contributed by atoms with E-state index < -0.39 is 0 Å². The Hall–Kier alpha value is -10.4. The average Bonchev–Trinajstić information content (AvgIpc) is 1.81. The molecule has 0 radical (unpaired) electrons. The summed E-state index contributed by atoms with van der Waals surface area (Å²) in [6.45, 7) is 0. The summed E-state index contributed by atoms with van der Waals surface area (Å²) >= 11 is 7.63. The third-order valence-corrected chi connectivity index (χ3v) is 23.1. The smallest absolute Gasteiger partial charge is 0.0727 e. The summed E-state index contributed by atoms with van der Waals surface area (Å²) < 4.78 is 15.6. The number of aromatic nitrogens is 2. The number of hydrogen-bond donors (Lipinski definition) is 0. The lowest BCUT2D eigenvalue weighted by molar-refractivity contribution is 1.19. The predicted octanol–water partition coefficient (Wildman–Crippen LogP) is 25.7. The van der Waals surface area contributed by atoms with E-state index in [0.29, 0.717) is 0 Å². The van der Waals surface area contributed by atoms with Crippen LogP contribution in [0.1, 0.15) is 0 Å². The topological polar surface area (TPSA) is 9.86 Å². The minimum Gasteiger partial charge on any atom is -0.308 e. The molecule has 6 heterocycles. The maximum Gasteiger partial charge on any atom is 0.0727 e. The summed E-state index contributed by atoms with van der Waals surface area (Å²) in [5.41, 5.74) is 17.6. The molecule has 90 heavy (non-hydrogen) atoms. The molecule has 20 aromatic rings. The number of hydrogen-bond acceptors (Lipinski definition) is 4. The van der Waals surface area contributed by atoms with Gasteiger partial charge < -0.3 is 9.13 Å². The van der Waals surface area contributed by atoms with Crippen LogP contribution in [0.3, 0.4) is 0 Å². The van der Waals surface area contributed by atoms with Crippen molar-refractivity contribution in [1.82, 2.24) is 9.13 Å². The van der Waals surface area contributed by atoms with E-state index in [1.807, 2.05) is 45.3 Å². The van der Waals surface area contributed by atoms with Crippen LogP contribution in [-0.4, -0.2) is 9.13 Å². The van der Waals surface area contributed by atoms with Crippen LogP contribution in [-0.2, 0) is 0 Å². The van der Waals surface area contributed by atoms with Gasteiger partial charge in [0.2, 0.25) is 0 Å². The van der Waals surface area contributed by atoms with Gasteiger partial charge in [0.25, 0.3) is 0 Å². The fourth-order valence-corrected chi connectivity index (χ4v) is 19.4. The molecule has 0 bridgehead atoms. The van der Waals surface area contributed by atoms with Gasteiger partial charge in [0.1, 0.15) is 0 Å². The second-order valence-corrected chi connectivity index (χ2v) is 27.6. The standard InChI is InChI=1S/2C42H25NS2/c1-2-13-29(14-3-1)43-37-20-9-8-17-34(37)42-40(43)35-19-10-18-33(41(35)45-42)31-16-7-6-15-30(31)28-21-22-32-36-23-26-11-4-5-12-27(26)24-39(36)44-38(32)25-28;1-2-12-28(13-3-1)43-36-20-9-8-17-33(36)42-40(43)35-19-10-18-32(41(35)45-42)31-16-7-6-14-29(31)27-21-23-34-38(25-27)44-37-24-22-26-11-4-5-15-30(26)39(34)37/h2*1-25H. The van der Waals surface area contributed by atoms with Crippen LogP contribution in [0.2, 0.25) is 0 Å². The Bertz CT molecular complexity index is 6280. The molecule has 0 fully saturated rings. The Kier molecular flexibility index (Phi) is 11.8. The lowest BCUT2D eigenvalue weighted by Crippen LogP contribution is -1.93. The lowest BCUT2D eigenvalue weighted by atomic mass is 9.93. The van der Waals surface area contributed by atoms with E-state index >= 15 is 0 Å². The largest absolute Gasteiger partial charge is 0.308 e. The molecule has 0 N–H and O–H groups in total. The van der Waals surface area contributed by atoms with Gasteiger partial charge in [0, 0.05) is 93.8 Å². The van der Waals surface area contributed by atoms with E-state index in [0.717, 1.165) is 0 Å². The Labute approximate surface area is 533 Å². The van der Waals surface area contributed by atoms with Gasteiger partial charge in [0.05, 0.1) is 31.5 Å². The normalized spacial score (nSPS) is 12.0. The molecule has 20 rings (SSSR count). The van der Waals surface area contributed by atoms with Gasteiger partial charge in [0.15, 0.2) is 0 Å². The molecule has 0 aliphatic heterocycles. The Morgan fingerprint density at radius 1 is 0.211 bits per heavy atom. The maximum atomic E-state index is 2.44. The van der Waals surface area contributed by atoms with Crippen molar-refractivity contribution in [3.63, 3.8) is 0 Å². The van der Waals surface area contributed by atoms with Crippen LogP contribution >= 0.6 is 45.3 Å². The van der Waals surface area contributed by atoms with Gasteiger partial charge in [-0.15, -0.1) is 45.3 Å². The molecular formula is C84H50N2S4. The molecule has 6 aromatic heterocycles. The molecule has 0 aliphatic rings. The first kappa shape index (κ1) is 51.6. The number of fused-ring (bicyclic) bond motifs is 19. The third kappa shape index (κ3) is 7.99. The van der Waals surface area contributed by atoms with Crippen molar-refractivity contribution >= 4 is 170 Å². The first-order valence-corrected chi connectivity index (χ1v) is 33.8. The van der Waals surface area contributed by atoms with Crippen molar-refractivity contribution < 1.29 is 0 Å². The molecule has 0 atom stereocenters. The second kappa shape index (κ2) is 20.6. The Morgan fingerprint density at radius 3 is 1.21 bits per heavy atom. The number of rotatable bonds is 6. The van der Waals surface area contributed by atoms with Gasteiger partial charge in [-0.3, -0.25) is 0 Å². The van der Waals surface area contributed by atoms with Crippen LogP contribution in [0.15, 0.2) is 303 Å². The molecule has 6 heteroatoms. The van der Waals surface area contributed by atoms with Crippen molar-refractivity contribution in [2.45, 2.75) is 0 Å². The highest BCUT2D eigenvalue weighted by Crippen LogP contribution is 2.50. The first-order chi connectivity index (χ1) is 44.6. The van der Waals surface area contributed by atoms with Crippen LogP contribution in [0.5, 0.6) is 0 Å². The molecule has 0 unspecified atom stereocenters. The van der Waals surface area contributed by atoms with Crippen LogP contribution < -0.4 is 0 Å². The van der Waals surface area contributed by atoms with E-state index in [4.69, 9.17) is 0 Å². The molecule has 14 aromatic carbocycles. The molecule has 420 valence electrons. The van der Waals surface area contributed by atoms with Crippen LogP contribution in [0, 0.1) is 0 Å². The van der Waals surface area contributed by atoms with E-state index in [9.17, 15) is 0 Å². The first-order valence-electron chi connectivity index (χ1n) is 30.5. The second-order valence-electron chi connectivity index (χ2n) is 23.4. The number of nitrogens with zero attached hydrogens (tertiary/aromatic N) is 2. The fourth-order valence-electron chi connectivity index (χ4n) is 14.4. The molecular weight excluding hydrogens is 1170 g/mol.